The van der Waals surface area contributed by atoms with E-state index >= 15 is 0 Å². The largest absolute Gasteiger partial charge is 0.349 e. The number of aromatic nitrogens is 1. The van der Waals surface area contributed by atoms with Crippen molar-refractivity contribution in [3.8, 4) is 0 Å². The van der Waals surface area contributed by atoms with Crippen LogP contribution in [-0.4, -0.2) is 16.9 Å². The Bertz CT molecular complexity index is 1010. The number of halogens is 2. The van der Waals surface area contributed by atoms with Gasteiger partial charge in [-0.15, -0.1) is 0 Å². The van der Waals surface area contributed by atoms with Gasteiger partial charge in [0.25, 0.3) is 5.91 Å². The Morgan fingerprint density at radius 2 is 1.83 bits per heavy atom. The van der Waals surface area contributed by atoms with Crippen molar-refractivity contribution >= 4 is 28.4 Å². The van der Waals surface area contributed by atoms with Gasteiger partial charge >= 0.3 is 0 Å². The molecule has 1 aliphatic carbocycles. The molecule has 1 aliphatic rings. The number of hydrogen-bond acceptors (Lipinski definition) is 2. The summed E-state index contributed by atoms with van der Waals surface area (Å²) in [5.74, 6) is 0.552. The fourth-order valence-corrected chi connectivity index (χ4v) is 4.56. The van der Waals surface area contributed by atoms with Gasteiger partial charge in [-0.1, -0.05) is 11.6 Å². The predicted octanol–water partition coefficient (Wildman–Crippen LogP) is 6.12. The number of benzene rings is 2. The van der Waals surface area contributed by atoms with Crippen LogP contribution >= 0.6 is 11.6 Å². The van der Waals surface area contributed by atoms with E-state index in [4.69, 9.17) is 11.6 Å². The Morgan fingerprint density at radius 3 is 2.55 bits per heavy atom. The van der Waals surface area contributed by atoms with Crippen molar-refractivity contribution in [2.45, 2.75) is 44.6 Å². The van der Waals surface area contributed by atoms with Gasteiger partial charge in [0.1, 0.15) is 5.82 Å². The van der Waals surface area contributed by atoms with Crippen molar-refractivity contribution in [2.75, 3.05) is 0 Å². The van der Waals surface area contributed by atoms with Gasteiger partial charge in [0.15, 0.2) is 0 Å². The van der Waals surface area contributed by atoms with Crippen LogP contribution in [0.2, 0.25) is 5.02 Å². The van der Waals surface area contributed by atoms with Crippen LogP contribution in [0.5, 0.6) is 0 Å². The van der Waals surface area contributed by atoms with Crippen LogP contribution in [0, 0.1) is 11.7 Å². The Kier molecular flexibility index (Phi) is 5.81. The lowest BCUT2D eigenvalue weighted by molar-refractivity contribution is 0.0918. The second kappa shape index (κ2) is 8.50. The molecule has 1 aromatic heterocycles. The van der Waals surface area contributed by atoms with E-state index in [1.54, 1.807) is 36.4 Å². The fraction of sp³-hybridized carbons (Fsp3) is 0.333. The van der Waals surface area contributed by atoms with E-state index in [2.05, 4.69) is 17.2 Å². The molecular formula is C24H24ClFN2O. The minimum absolute atomic E-state index is 0.0631. The molecule has 0 spiro atoms. The Morgan fingerprint density at radius 1 is 1.10 bits per heavy atom. The molecule has 0 bridgehead atoms. The molecule has 1 atom stereocenters. The van der Waals surface area contributed by atoms with Crippen molar-refractivity contribution in [1.29, 1.82) is 0 Å². The molecule has 0 radical (unpaired) electrons. The molecule has 1 saturated carbocycles. The lowest BCUT2D eigenvalue weighted by Gasteiger charge is -2.33. The summed E-state index contributed by atoms with van der Waals surface area (Å²) >= 11 is 5.90. The normalized spacial score (nSPS) is 20.4. The van der Waals surface area contributed by atoms with Crippen molar-refractivity contribution < 1.29 is 9.18 Å². The molecule has 2 aromatic carbocycles. The lowest BCUT2D eigenvalue weighted by Crippen LogP contribution is -2.39. The van der Waals surface area contributed by atoms with Gasteiger partial charge in [0.05, 0.1) is 5.52 Å². The Hall–Kier alpha value is -2.46. The van der Waals surface area contributed by atoms with Crippen molar-refractivity contribution in [1.82, 2.24) is 10.3 Å². The minimum Gasteiger partial charge on any atom is -0.349 e. The number of fused-ring (bicyclic) bond motifs is 1. The van der Waals surface area contributed by atoms with Crippen molar-refractivity contribution in [3.63, 3.8) is 0 Å². The SMILES string of the molecule is C[C@@H](NC(=O)c1ccc(Cl)cc1)[C@H]1CC[C@H](c2ccnc3ccc(F)cc32)CC1. The van der Waals surface area contributed by atoms with Gasteiger partial charge in [-0.05, 0) is 98.5 Å². The summed E-state index contributed by atoms with van der Waals surface area (Å²) in [7, 11) is 0. The molecule has 3 aromatic rings. The minimum atomic E-state index is -0.223. The summed E-state index contributed by atoms with van der Waals surface area (Å²) in [6.45, 7) is 2.08. The average Bonchev–Trinajstić information content (AvgIpc) is 2.74. The molecule has 0 unspecified atom stereocenters. The van der Waals surface area contributed by atoms with E-state index in [-0.39, 0.29) is 17.8 Å². The summed E-state index contributed by atoms with van der Waals surface area (Å²) in [5.41, 5.74) is 2.65. The fourth-order valence-electron chi connectivity index (χ4n) is 4.44. The Labute approximate surface area is 175 Å². The van der Waals surface area contributed by atoms with Crippen LogP contribution in [0.4, 0.5) is 4.39 Å². The molecule has 1 fully saturated rings. The van der Waals surface area contributed by atoms with Crippen LogP contribution in [0.3, 0.4) is 0 Å². The monoisotopic (exact) mass is 410 g/mol. The van der Waals surface area contributed by atoms with E-state index in [9.17, 15) is 9.18 Å². The van der Waals surface area contributed by atoms with Gasteiger partial charge in [0.2, 0.25) is 0 Å². The molecule has 0 aliphatic heterocycles. The van der Waals surface area contributed by atoms with Gasteiger partial charge in [-0.25, -0.2) is 4.39 Å². The number of carbonyl (C=O) groups excluding carboxylic acids is 1. The van der Waals surface area contributed by atoms with Gasteiger partial charge < -0.3 is 5.32 Å². The molecule has 1 N–H and O–H groups in total. The number of rotatable bonds is 4. The van der Waals surface area contributed by atoms with Gasteiger partial charge in [-0.2, -0.15) is 0 Å². The van der Waals surface area contributed by atoms with Crippen molar-refractivity contribution in [2.24, 2.45) is 5.92 Å². The summed E-state index contributed by atoms with van der Waals surface area (Å²) in [6.07, 6.45) is 5.94. The summed E-state index contributed by atoms with van der Waals surface area (Å²) < 4.78 is 13.8. The van der Waals surface area contributed by atoms with E-state index < -0.39 is 0 Å². The second-order valence-corrected chi connectivity index (χ2v) is 8.38. The van der Waals surface area contributed by atoms with E-state index in [0.717, 1.165) is 36.6 Å². The lowest BCUT2D eigenvalue weighted by atomic mass is 9.75. The average molecular weight is 411 g/mol. The summed E-state index contributed by atoms with van der Waals surface area (Å²) in [5, 5.41) is 4.67. The Balaban J connectivity index is 1.40. The first-order chi connectivity index (χ1) is 14.0. The summed E-state index contributed by atoms with van der Waals surface area (Å²) in [6, 6.07) is 13.9. The molecule has 4 rings (SSSR count). The number of nitrogens with one attached hydrogen (secondary N) is 1. The molecule has 5 heteroatoms. The molecule has 0 saturated heterocycles. The third kappa shape index (κ3) is 4.43. The molecule has 1 amide bonds. The van der Waals surface area contributed by atoms with Crippen LogP contribution in [0.25, 0.3) is 10.9 Å². The smallest absolute Gasteiger partial charge is 0.251 e. The molecular weight excluding hydrogens is 387 g/mol. The highest BCUT2D eigenvalue weighted by Gasteiger charge is 2.28. The predicted molar refractivity (Wildman–Crippen MR) is 115 cm³/mol. The van der Waals surface area contributed by atoms with Crippen LogP contribution in [0.15, 0.2) is 54.7 Å². The zero-order valence-corrected chi connectivity index (χ0v) is 17.1. The zero-order chi connectivity index (χ0) is 20.4. The van der Waals surface area contributed by atoms with E-state index in [1.165, 1.54) is 11.6 Å². The van der Waals surface area contributed by atoms with Gasteiger partial charge in [-0.3, -0.25) is 9.78 Å². The standard InChI is InChI=1S/C24H24ClFN2O/c1-15(28-24(29)18-6-8-19(25)9-7-18)16-2-4-17(5-3-16)21-12-13-27-23-11-10-20(26)14-22(21)23/h6-17H,2-5H2,1H3,(H,28,29)/t15-,16-,17-/m1/s1. The first kappa shape index (κ1) is 19.8. The maximum absolute atomic E-state index is 13.8. The third-order valence-electron chi connectivity index (χ3n) is 6.12. The number of nitrogens with zero attached hydrogens (tertiary/aromatic N) is 1. The van der Waals surface area contributed by atoms with E-state index in [0.29, 0.717) is 22.4 Å². The van der Waals surface area contributed by atoms with Crippen LogP contribution < -0.4 is 5.32 Å². The van der Waals surface area contributed by atoms with E-state index in [1.807, 2.05) is 12.3 Å². The molecule has 1 heterocycles. The summed E-state index contributed by atoms with van der Waals surface area (Å²) in [4.78, 5) is 16.8. The highest BCUT2D eigenvalue weighted by molar-refractivity contribution is 6.30. The second-order valence-electron chi connectivity index (χ2n) is 7.94. The first-order valence-electron chi connectivity index (χ1n) is 10.1. The molecule has 29 heavy (non-hydrogen) atoms. The van der Waals surface area contributed by atoms with Gasteiger partial charge in [0, 0.05) is 28.2 Å². The highest BCUT2D eigenvalue weighted by atomic mass is 35.5. The first-order valence-corrected chi connectivity index (χ1v) is 10.5. The number of pyridine rings is 1. The maximum Gasteiger partial charge on any atom is 0.251 e. The van der Waals surface area contributed by atoms with Crippen molar-refractivity contribution in [3.05, 3.63) is 76.7 Å². The number of amides is 1. The van der Waals surface area contributed by atoms with Crippen LogP contribution in [0.1, 0.15) is 54.4 Å². The zero-order valence-electron chi connectivity index (χ0n) is 16.4. The maximum atomic E-state index is 13.8. The molecule has 3 nitrogen and oxygen atoms in total. The molecule has 150 valence electrons. The van der Waals surface area contributed by atoms with Crippen LogP contribution in [-0.2, 0) is 0 Å². The highest BCUT2D eigenvalue weighted by Crippen LogP contribution is 2.39. The quantitative estimate of drug-likeness (QED) is 0.563. The number of carbonyl (C=O) groups is 1. The third-order valence-corrected chi connectivity index (χ3v) is 6.37. The topological polar surface area (TPSA) is 42.0 Å². The number of hydrogen-bond donors (Lipinski definition) is 1.